The molecule has 2 nitrogen and oxygen atoms in total. The Morgan fingerprint density at radius 2 is 1.12 bits per heavy atom. The Labute approximate surface area is 209 Å². The van der Waals surface area contributed by atoms with E-state index in [1.807, 2.05) is 78.9 Å². The molecular weight excluding hydrogens is 488 g/mol. The van der Waals surface area contributed by atoms with Gasteiger partial charge in [0.15, 0.2) is 7.26 Å². The molecule has 1 amide bonds. The first-order valence-corrected chi connectivity index (χ1v) is 13.6. The highest BCUT2D eigenvalue weighted by molar-refractivity contribution is 8.06. The molecule has 0 saturated carbocycles. The summed E-state index contributed by atoms with van der Waals surface area (Å²) in [6.07, 6.45) is 0.712. The molecule has 0 aliphatic rings. The van der Waals surface area contributed by atoms with Crippen molar-refractivity contribution in [2.45, 2.75) is 4.90 Å². The third kappa shape index (κ3) is 5.03. The van der Waals surface area contributed by atoms with Crippen molar-refractivity contribution in [2.75, 3.05) is 0 Å². The molecule has 0 aromatic heterocycles. The number of carbonyl (C=O) groups is 1. The summed E-state index contributed by atoms with van der Waals surface area (Å²) in [4.78, 5) is 12.9. The van der Waals surface area contributed by atoms with Crippen LogP contribution >= 0.6 is 42.2 Å². The predicted molar refractivity (Wildman–Crippen MR) is 145 cm³/mol. The van der Waals surface area contributed by atoms with Gasteiger partial charge in [-0.25, -0.2) is 0 Å². The van der Waals surface area contributed by atoms with Crippen LogP contribution in [-0.2, 0) is 4.79 Å². The Bertz CT molecular complexity index is 1140. The van der Waals surface area contributed by atoms with Crippen molar-refractivity contribution in [3.05, 3.63) is 130 Å². The predicted octanol–water partition coefficient (Wildman–Crippen LogP) is 6.54. The van der Waals surface area contributed by atoms with Crippen LogP contribution in [0.5, 0.6) is 0 Å². The highest BCUT2D eigenvalue weighted by Gasteiger charge is 2.51. The molecule has 0 atom stereocenters. The van der Waals surface area contributed by atoms with E-state index in [1.54, 1.807) is 0 Å². The molecule has 4 aromatic carbocycles. The first-order valence-electron chi connectivity index (χ1n) is 10.3. The number of amides is 1. The molecule has 0 radical (unpaired) electrons. The second-order valence-corrected chi connectivity index (χ2v) is 12.6. The Kier molecular flexibility index (Phi) is 7.90. The van der Waals surface area contributed by atoms with E-state index in [1.165, 1.54) is 11.8 Å². The zero-order valence-electron chi connectivity index (χ0n) is 17.6. The van der Waals surface area contributed by atoms with Gasteiger partial charge in [-0.3, -0.25) is 10.1 Å². The number of nitrogens with one attached hydrogen (secondary N) is 1. The van der Waals surface area contributed by atoms with E-state index in [-0.39, 0.29) is 0 Å². The third-order valence-corrected chi connectivity index (χ3v) is 11.3. The average Bonchev–Trinajstić information content (AvgIpc) is 2.87. The van der Waals surface area contributed by atoms with Crippen LogP contribution < -0.4 is 21.2 Å². The van der Waals surface area contributed by atoms with Gasteiger partial charge >= 0.3 is 0 Å². The second-order valence-electron chi connectivity index (χ2n) is 7.12. The number of benzene rings is 4. The van der Waals surface area contributed by atoms with Crippen molar-refractivity contribution >= 4 is 64.5 Å². The molecule has 0 fully saturated rings. The molecule has 33 heavy (non-hydrogen) atoms. The van der Waals surface area contributed by atoms with Crippen molar-refractivity contribution in [1.82, 2.24) is 5.32 Å². The fourth-order valence-electron chi connectivity index (χ4n) is 3.78. The molecule has 0 aliphatic heterocycles. The summed E-state index contributed by atoms with van der Waals surface area (Å²) in [6.45, 7) is 0. The quantitative estimate of drug-likeness (QED) is 0.166. The molecule has 0 saturated heterocycles. The zero-order valence-corrected chi connectivity index (χ0v) is 20.8. The molecule has 4 aromatic rings. The number of rotatable bonds is 8. The SMILES string of the molecule is O=CN/C(=C(\Cl)Sc1ccc(Cl)cc1)[P+](c1ccccc1)(c1ccccc1)c1ccccc1. The Balaban J connectivity index is 2.05. The van der Waals surface area contributed by atoms with Crippen LogP contribution in [-0.4, -0.2) is 6.41 Å². The summed E-state index contributed by atoms with van der Waals surface area (Å²) >= 11 is 14.5. The molecular formula is C27H21Cl2NOPS+. The minimum absolute atomic E-state index is 0.509. The van der Waals surface area contributed by atoms with Crippen LogP contribution in [0.15, 0.2) is 130 Å². The van der Waals surface area contributed by atoms with Crippen LogP contribution in [0.2, 0.25) is 5.02 Å². The van der Waals surface area contributed by atoms with E-state index in [9.17, 15) is 4.79 Å². The Morgan fingerprint density at radius 3 is 1.52 bits per heavy atom. The van der Waals surface area contributed by atoms with E-state index in [2.05, 4.69) is 41.7 Å². The van der Waals surface area contributed by atoms with Crippen molar-refractivity contribution in [3.63, 3.8) is 0 Å². The van der Waals surface area contributed by atoms with Gasteiger partial charge in [0, 0.05) is 9.92 Å². The lowest BCUT2D eigenvalue weighted by Gasteiger charge is -2.29. The minimum Gasteiger partial charge on any atom is -0.297 e. The van der Waals surface area contributed by atoms with E-state index >= 15 is 0 Å². The maximum absolute atomic E-state index is 11.9. The molecule has 0 heterocycles. The lowest BCUT2D eigenvalue weighted by Crippen LogP contribution is -2.36. The number of thioether (sulfide) groups is 1. The lowest BCUT2D eigenvalue weighted by atomic mass is 10.4. The van der Waals surface area contributed by atoms with E-state index < -0.39 is 7.26 Å². The van der Waals surface area contributed by atoms with Gasteiger partial charge in [-0.1, -0.05) is 89.6 Å². The topological polar surface area (TPSA) is 29.1 Å². The molecule has 0 bridgehead atoms. The maximum Gasteiger partial charge on any atom is 0.214 e. The van der Waals surface area contributed by atoms with Crippen LogP contribution in [0.25, 0.3) is 0 Å². The van der Waals surface area contributed by atoms with Crippen LogP contribution in [0.1, 0.15) is 0 Å². The summed E-state index contributed by atoms with van der Waals surface area (Å²) in [5, 5.41) is 6.97. The molecule has 4 rings (SSSR count). The molecule has 6 heteroatoms. The van der Waals surface area contributed by atoms with E-state index in [0.29, 0.717) is 21.2 Å². The van der Waals surface area contributed by atoms with Crippen LogP contribution in [0.4, 0.5) is 0 Å². The normalized spacial score (nSPS) is 12.1. The van der Waals surface area contributed by atoms with Crippen LogP contribution in [0, 0.1) is 0 Å². The fraction of sp³-hybridized carbons (Fsp3) is 0. The fourth-order valence-corrected chi connectivity index (χ4v) is 9.83. The lowest BCUT2D eigenvalue weighted by molar-refractivity contribution is -0.108. The average molecular weight is 509 g/mol. The van der Waals surface area contributed by atoms with Gasteiger partial charge < -0.3 is 0 Å². The van der Waals surface area contributed by atoms with Crippen molar-refractivity contribution in [2.24, 2.45) is 0 Å². The third-order valence-electron chi connectivity index (χ3n) is 5.17. The van der Waals surface area contributed by atoms with Gasteiger partial charge in [-0.2, -0.15) is 0 Å². The summed E-state index contributed by atoms with van der Waals surface area (Å²) in [7, 11) is -2.52. The minimum atomic E-state index is -2.52. The molecule has 0 unspecified atom stereocenters. The smallest absolute Gasteiger partial charge is 0.214 e. The van der Waals surface area contributed by atoms with Gasteiger partial charge in [0.05, 0.1) is 0 Å². The molecule has 1 N–H and O–H groups in total. The summed E-state index contributed by atoms with van der Waals surface area (Å²) in [6, 6.07) is 38.3. The van der Waals surface area contributed by atoms with Crippen molar-refractivity contribution in [3.8, 4) is 0 Å². The second kappa shape index (κ2) is 11.0. The summed E-state index contributed by atoms with van der Waals surface area (Å²) in [5.41, 5.74) is 0.697. The Hall–Kier alpha value is -2.55. The van der Waals surface area contributed by atoms with Crippen molar-refractivity contribution < 1.29 is 4.79 Å². The van der Waals surface area contributed by atoms with Gasteiger partial charge in [0.2, 0.25) is 11.8 Å². The van der Waals surface area contributed by atoms with E-state index in [0.717, 1.165) is 20.8 Å². The molecule has 0 spiro atoms. The molecule has 164 valence electrons. The van der Waals surface area contributed by atoms with Crippen molar-refractivity contribution in [1.29, 1.82) is 0 Å². The highest BCUT2D eigenvalue weighted by Crippen LogP contribution is 2.63. The number of hydrogen-bond acceptors (Lipinski definition) is 2. The van der Waals surface area contributed by atoms with Gasteiger partial charge in [0.1, 0.15) is 20.3 Å². The van der Waals surface area contributed by atoms with E-state index in [4.69, 9.17) is 23.2 Å². The van der Waals surface area contributed by atoms with Crippen LogP contribution in [0.3, 0.4) is 0 Å². The number of halogens is 2. The zero-order chi connectivity index (χ0) is 23.1. The molecule has 0 aliphatic carbocycles. The number of carbonyl (C=O) groups excluding carboxylic acids is 1. The standard InChI is InChI=1S/C27H20Cl2NOPS/c28-21-16-18-25(19-17-21)33-26(29)27(30-20-31)32(22-10-4-1-5-11-22,23-12-6-2-7-13-23)24-14-8-3-9-15-24/h1-20H/p+1/b27-26-. The maximum atomic E-state index is 11.9. The van der Waals surface area contributed by atoms with Gasteiger partial charge in [-0.15, -0.1) is 0 Å². The Morgan fingerprint density at radius 1 is 0.697 bits per heavy atom. The monoisotopic (exact) mass is 508 g/mol. The highest BCUT2D eigenvalue weighted by atomic mass is 35.5. The number of hydrogen-bond donors (Lipinski definition) is 1. The largest absolute Gasteiger partial charge is 0.297 e. The summed E-state index contributed by atoms with van der Waals surface area (Å²) < 4.78 is 0.509. The van der Waals surface area contributed by atoms with Gasteiger partial charge in [0.25, 0.3) is 0 Å². The first-order chi connectivity index (χ1) is 16.2. The summed E-state index contributed by atoms with van der Waals surface area (Å²) in [5.74, 6) is 0. The first kappa shape index (κ1) is 23.6. The van der Waals surface area contributed by atoms with Gasteiger partial charge in [-0.05, 0) is 60.7 Å².